The van der Waals surface area contributed by atoms with Gasteiger partial charge in [0.25, 0.3) is 0 Å². The van der Waals surface area contributed by atoms with E-state index in [1.165, 1.54) is 32.8 Å². The largest absolute Gasteiger partial charge is 0.468 e. The van der Waals surface area contributed by atoms with E-state index in [0.29, 0.717) is 6.04 Å². The van der Waals surface area contributed by atoms with Crippen molar-refractivity contribution in [1.29, 1.82) is 0 Å². The van der Waals surface area contributed by atoms with Gasteiger partial charge in [0.1, 0.15) is 6.04 Å². The van der Waals surface area contributed by atoms with Gasteiger partial charge in [-0.3, -0.25) is 4.79 Å². The molecule has 0 heterocycles. The minimum atomic E-state index is -0.130. The summed E-state index contributed by atoms with van der Waals surface area (Å²) < 4.78 is 4.71. The van der Waals surface area contributed by atoms with E-state index in [-0.39, 0.29) is 12.0 Å². The van der Waals surface area contributed by atoms with E-state index >= 15 is 0 Å². The highest BCUT2D eigenvalue weighted by Crippen LogP contribution is 2.18. The Labute approximate surface area is 79.8 Å². The molecule has 1 fully saturated rings. The molecule has 13 heavy (non-hydrogen) atoms. The van der Waals surface area contributed by atoms with Crippen LogP contribution in [0.1, 0.15) is 39.0 Å². The van der Waals surface area contributed by atoms with E-state index in [0.717, 1.165) is 6.42 Å². The number of carbonyl (C=O) groups is 1. The summed E-state index contributed by atoms with van der Waals surface area (Å²) in [6, 6.07) is 0.428. The molecule has 1 N–H and O–H groups in total. The summed E-state index contributed by atoms with van der Waals surface area (Å²) in [7, 11) is 1.45. The molecule has 0 unspecified atom stereocenters. The van der Waals surface area contributed by atoms with Crippen molar-refractivity contribution >= 4 is 5.97 Å². The standard InChI is InChI=1S/C10H19NO2/c1-3-9(10(12)13-2)11-8-6-4-5-7-8/h8-9,11H,3-7H2,1-2H3/t9-/m1/s1. The lowest BCUT2D eigenvalue weighted by atomic mass is 10.1. The number of nitrogens with one attached hydrogen (secondary N) is 1. The van der Waals surface area contributed by atoms with Crippen LogP contribution in [-0.2, 0) is 9.53 Å². The zero-order valence-corrected chi connectivity index (χ0v) is 8.51. The van der Waals surface area contributed by atoms with Crippen LogP contribution in [0.15, 0.2) is 0 Å². The van der Waals surface area contributed by atoms with Crippen molar-refractivity contribution in [3.8, 4) is 0 Å². The van der Waals surface area contributed by atoms with Crippen LogP contribution in [0, 0.1) is 0 Å². The Hall–Kier alpha value is -0.570. The number of ether oxygens (including phenoxy) is 1. The molecule has 0 aromatic carbocycles. The van der Waals surface area contributed by atoms with Crippen LogP contribution in [0.2, 0.25) is 0 Å². The first-order valence-electron chi connectivity index (χ1n) is 5.11. The molecule has 0 aromatic heterocycles. The zero-order chi connectivity index (χ0) is 9.68. The lowest BCUT2D eigenvalue weighted by Gasteiger charge is -2.19. The van der Waals surface area contributed by atoms with E-state index in [1.54, 1.807) is 0 Å². The maximum absolute atomic E-state index is 11.2. The number of hydrogen-bond acceptors (Lipinski definition) is 3. The minimum absolute atomic E-state index is 0.104. The fourth-order valence-electron chi connectivity index (χ4n) is 1.87. The molecule has 0 bridgehead atoms. The molecular formula is C10H19NO2. The van der Waals surface area contributed by atoms with Crippen LogP contribution in [0.5, 0.6) is 0 Å². The van der Waals surface area contributed by atoms with Crippen LogP contribution in [0.25, 0.3) is 0 Å². The Bertz CT molecular complexity index is 164. The summed E-state index contributed by atoms with van der Waals surface area (Å²) in [5.41, 5.74) is 0. The summed E-state index contributed by atoms with van der Waals surface area (Å²) >= 11 is 0. The molecule has 1 atom stereocenters. The van der Waals surface area contributed by atoms with Gasteiger partial charge in [0, 0.05) is 6.04 Å². The van der Waals surface area contributed by atoms with Crippen molar-refractivity contribution < 1.29 is 9.53 Å². The molecule has 3 heteroatoms. The number of hydrogen-bond donors (Lipinski definition) is 1. The molecule has 1 aliphatic carbocycles. The highest BCUT2D eigenvalue weighted by Gasteiger charge is 2.22. The van der Waals surface area contributed by atoms with Gasteiger partial charge < -0.3 is 10.1 Å². The van der Waals surface area contributed by atoms with E-state index in [1.807, 2.05) is 6.92 Å². The highest BCUT2D eigenvalue weighted by atomic mass is 16.5. The minimum Gasteiger partial charge on any atom is -0.468 e. The molecule has 0 amide bonds. The Morgan fingerprint density at radius 3 is 2.62 bits per heavy atom. The molecule has 0 aromatic rings. The first-order valence-corrected chi connectivity index (χ1v) is 5.11. The van der Waals surface area contributed by atoms with Crippen LogP contribution < -0.4 is 5.32 Å². The molecule has 0 radical (unpaired) electrons. The average Bonchev–Trinajstić information content (AvgIpc) is 2.65. The van der Waals surface area contributed by atoms with Crippen molar-refractivity contribution in [3.63, 3.8) is 0 Å². The normalized spacial score (nSPS) is 20.2. The average molecular weight is 185 g/mol. The van der Waals surface area contributed by atoms with Gasteiger partial charge in [-0.05, 0) is 19.3 Å². The van der Waals surface area contributed by atoms with Crippen LogP contribution in [0.3, 0.4) is 0 Å². The molecule has 3 nitrogen and oxygen atoms in total. The van der Waals surface area contributed by atoms with Crippen molar-refractivity contribution in [2.24, 2.45) is 0 Å². The maximum Gasteiger partial charge on any atom is 0.322 e. The fraction of sp³-hybridized carbons (Fsp3) is 0.900. The van der Waals surface area contributed by atoms with E-state index in [9.17, 15) is 4.79 Å². The summed E-state index contributed by atoms with van der Waals surface area (Å²) in [5, 5.41) is 3.34. The third-order valence-electron chi connectivity index (χ3n) is 2.69. The van der Waals surface area contributed by atoms with Gasteiger partial charge in [0.2, 0.25) is 0 Å². The molecule has 1 saturated carbocycles. The van der Waals surface area contributed by atoms with Crippen molar-refractivity contribution in [1.82, 2.24) is 5.32 Å². The molecule has 0 spiro atoms. The second-order valence-corrected chi connectivity index (χ2v) is 3.63. The zero-order valence-electron chi connectivity index (χ0n) is 8.51. The van der Waals surface area contributed by atoms with Crippen LogP contribution in [0.4, 0.5) is 0 Å². The van der Waals surface area contributed by atoms with Crippen LogP contribution in [-0.4, -0.2) is 25.2 Å². The smallest absolute Gasteiger partial charge is 0.322 e. The first-order chi connectivity index (χ1) is 6.27. The van der Waals surface area contributed by atoms with Gasteiger partial charge in [-0.1, -0.05) is 19.8 Å². The van der Waals surface area contributed by atoms with Crippen molar-refractivity contribution in [2.75, 3.05) is 7.11 Å². The Balaban J connectivity index is 2.33. The van der Waals surface area contributed by atoms with Gasteiger partial charge in [-0.15, -0.1) is 0 Å². The second-order valence-electron chi connectivity index (χ2n) is 3.63. The Morgan fingerprint density at radius 1 is 1.54 bits per heavy atom. The summed E-state index contributed by atoms with van der Waals surface area (Å²) in [6.07, 6.45) is 5.79. The van der Waals surface area contributed by atoms with Crippen LogP contribution >= 0.6 is 0 Å². The number of methoxy groups -OCH3 is 1. The van der Waals surface area contributed by atoms with Gasteiger partial charge in [0.15, 0.2) is 0 Å². The number of rotatable bonds is 4. The topological polar surface area (TPSA) is 38.3 Å². The molecular weight excluding hydrogens is 166 g/mol. The summed E-state index contributed by atoms with van der Waals surface area (Å²) in [4.78, 5) is 11.2. The SMILES string of the molecule is CC[C@@H](NC1CCCC1)C(=O)OC. The van der Waals surface area contributed by atoms with E-state index in [2.05, 4.69) is 5.32 Å². The Kier molecular flexibility index (Phi) is 4.22. The fourth-order valence-corrected chi connectivity index (χ4v) is 1.87. The third-order valence-corrected chi connectivity index (χ3v) is 2.69. The molecule has 1 rings (SSSR count). The van der Waals surface area contributed by atoms with E-state index < -0.39 is 0 Å². The van der Waals surface area contributed by atoms with Crippen molar-refractivity contribution in [3.05, 3.63) is 0 Å². The number of esters is 1. The van der Waals surface area contributed by atoms with E-state index in [4.69, 9.17) is 4.74 Å². The first kappa shape index (κ1) is 10.5. The molecule has 76 valence electrons. The van der Waals surface area contributed by atoms with Gasteiger partial charge in [-0.25, -0.2) is 0 Å². The van der Waals surface area contributed by atoms with Crippen molar-refractivity contribution in [2.45, 2.75) is 51.1 Å². The molecule has 0 saturated heterocycles. The predicted molar refractivity (Wildman–Crippen MR) is 51.5 cm³/mol. The van der Waals surface area contributed by atoms with Gasteiger partial charge in [-0.2, -0.15) is 0 Å². The molecule has 1 aliphatic rings. The lowest BCUT2D eigenvalue weighted by molar-refractivity contribution is -0.143. The highest BCUT2D eigenvalue weighted by molar-refractivity contribution is 5.75. The second kappa shape index (κ2) is 5.22. The molecule has 0 aliphatic heterocycles. The van der Waals surface area contributed by atoms with Gasteiger partial charge >= 0.3 is 5.97 Å². The summed E-state index contributed by atoms with van der Waals surface area (Å²) in [5.74, 6) is -0.130. The predicted octanol–water partition coefficient (Wildman–Crippen LogP) is 1.47. The van der Waals surface area contributed by atoms with Gasteiger partial charge in [0.05, 0.1) is 7.11 Å². The summed E-state index contributed by atoms with van der Waals surface area (Å²) in [6.45, 7) is 2.00. The quantitative estimate of drug-likeness (QED) is 0.674. The Morgan fingerprint density at radius 2 is 2.15 bits per heavy atom. The monoisotopic (exact) mass is 185 g/mol. The maximum atomic E-state index is 11.2. The number of carbonyl (C=O) groups excluding carboxylic acids is 1. The third kappa shape index (κ3) is 2.99. The lowest BCUT2D eigenvalue weighted by Crippen LogP contribution is -2.42.